The van der Waals surface area contributed by atoms with Gasteiger partial charge in [-0.1, -0.05) is 6.07 Å². The summed E-state index contributed by atoms with van der Waals surface area (Å²) in [5, 5.41) is 10.9. The second-order valence-corrected chi connectivity index (χ2v) is 8.59. The average Bonchev–Trinajstić information content (AvgIpc) is 2.97. The summed E-state index contributed by atoms with van der Waals surface area (Å²) >= 11 is 1.72. The summed E-state index contributed by atoms with van der Waals surface area (Å²) in [4.78, 5) is 14.4. The van der Waals surface area contributed by atoms with Crippen LogP contribution in [0.2, 0.25) is 0 Å². The molecule has 1 atom stereocenters. The van der Waals surface area contributed by atoms with E-state index >= 15 is 0 Å². The molecule has 0 aliphatic carbocycles. The van der Waals surface area contributed by atoms with Gasteiger partial charge in [0.15, 0.2) is 0 Å². The zero-order valence-corrected chi connectivity index (χ0v) is 14.7. The second-order valence-electron chi connectivity index (χ2n) is 5.57. The third kappa shape index (κ3) is 6.19. The summed E-state index contributed by atoms with van der Waals surface area (Å²) in [5.41, 5.74) is 0. The highest BCUT2D eigenvalue weighted by molar-refractivity contribution is 7.88. The maximum absolute atomic E-state index is 11.7. The van der Waals surface area contributed by atoms with Crippen molar-refractivity contribution >= 4 is 27.3 Å². The number of hydrogen-bond donors (Lipinski definition) is 1. The van der Waals surface area contributed by atoms with Crippen molar-refractivity contribution in [2.45, 2.75) is 12.5 Å². The number of hydrogen-bond acceptors (Lipinski definition) is 6. The summed E-state index contributed by atoms with van der Waals surface area (Å²) in [7, 11) is -3.57. The Hall–Kier alpha value is -1.00. The van der Waals surface area contributed by atoms with Gasteiger partial charge in [0.2, 0.25) is 10.0 Å². The van der Waals surface area contributed by atoms with E-state index in [0.29, 0.717) is 13.2 Å². The van der Waals surface area contributed by atoms with Gasteiger partial charge in [0.1, 0.15) is 6.54 Å². The molecule has 23 heavy (non-hydrogen) atoms. The summed E-state index contributed by atoms with van der Waals surface area (Å²) in [6.45, 7) is 2.36. The van der Waals surface area contributed by atoms with E-state index < -0.39 is 22.5 Å². The lowest BCUT2D eigenvalue weighted by molar-refractivity contribution is -0.137. The largest absolute Gasteiger partial charge is 0.480 e. The lowest BCUT2D eigenvalue weighted by atomic mass is 10.2. The fourth-order valence-corrected chi connectivity index (χ4v) is 3.99. The molecule has 0 saturated carbocycles. The van der Waals surface area contributed by atoms with Crippen molar-refractivity contribution in [2.75, 3.05) is 45.6 Å². The first kappa shape index (κ1) is 18.3. The van der Waals surface area contributed by atoms with Gasteiger partial charge in [-0.3, -0.25) is 9.69 Å². The fourth-order valence-electron chi connectivity index (χ4n) is 2.51. The van der Waals surface area contributed by atoms with Crippen LogP contribution in [0.15, 0.2) is 17.5 Å². The maximum Gasteiger partial charge on any atom is 0.318 e. The topological polar surface area (TPSA) is 87.2 Å². The Morgan fingerprint density at radius 1 is 1.57 bits per heavy atom. The Morgan fingerprint density at radius 2 is 2.35 bits per heavy atom. The SMILES string of the molecule is CS(=O)(=O)N(CC(=O)O)C[C@H]1CN(CCc2cccs2)CCO1. The molecule has 1 N–H and O–H groups in total. The fraction of sp³-hybridized carbons (Fsp3) is 0.643. The monoisotopic (exact) mass is 362 g/mol. The lowest BCUT2D eigenvalue weighted by Gasteiger charge is -2.34. The first-order chi connectivity index (χ1) is 10.8. The van der Waals surface area contributed by atoms with Crippen molar-refractivity contribution in [3.05, 3.63) is 22.4 Å². The van der Waals surface area contributed by atoms with Crippen LogP contribution in [0.25, 0.3) is 0 Å². The van der Waals surface area contributed by atoms with E-state index in [9.17, 15) is 13.2 Å². The van der Waals surface area contributed by atoms with Crippen LogP contribution >= 0.6 is 11.3 Å². The lowest BCUT2D eigenvalue weighted by Crippen LogP contribution is -2.49. The number of thiophene rings is 1. The number of rotatable bonds is 8. The van der Waals surface area contributed by atoms with Gasteiger partial charge >= 0.3 is 5.97 Å². The van der Waals surface area contributed by atoms with Crippen molar-refractivity contribution in [3.8, 4) is 0 Å². The minimum Gasteiger partial charge on any atom is -0.480 e. The van der Waals surface area contributed by atoms with Crippen molar-refractivity contribution < 1.29 is 23.1 Å². The third-order valence-corrected chi connectivity index (χ3v) is 5.82. The molecule has 9 heteroatoms. The van der Waals surface area contributed by atoms with Gasteiger partial charge in [-0.2, -0.15) is 4.31 Å². The predicted octanol–water partition coefficient (Wildman–Crippen LogP) is 0.338. The number of nitrogens with zero attached hydrogens (tertiary/aromatic N) is 2. The first-order valence-corrected chi connectivity index (χ1v) is 10.1. The summed E-state index contributed by atoms with van der Waals surface area (Å²) < 4.78 is 30.0. The number of carboxylic acids is 1. The summed E-state index contributed by atoms with van der Waals surface area (Å²) in [6.07, 6.45) is 1.67. The molecule has 1 aliphatic rings. The zero-order valence-electron chi connectivity index (χ0n) is 13.1. The van der Waals surface area contributed by atoms with Gasteiger partial charge in [0, 0.05) is 31.1 Å². The molecule has 7 nitrogen and oxygen atoms in total. The quantitative estimate of drug-likeness (QED) is 0.717. The second kappa shape index (κ2) is 8.20. The number of carbonyl (C=O) groups is 1. The Morgan fingerprint density at radius 3 is 2.96 bits per heavy atom. The van der Waals surface area contributed by atoms with E-state index in [2.05, 4.69) is 11.0 Å². The predicted molar refractivity (Wildman–Crippen MR) is 88.3 cm³/mol. The van der Waals surface area contributed by atoms with Crippen molar-refractivity contribution in [1.82, 2.24) is 9.21 Å². The van der Waals surface area contributed by atoms with Crippen LogP contribution in [0, 0.1) is 0 Å². The van der Waals surface area contributed by atoms with E-state index in [1.54, 1.807) is 11.3 Å². The van der Waals surface area contributed by atoms with Crippen molar-refractivity contribution in [1.29, 1.82) is 0 Å². The minimum absolute atomic E-state index is 0.0701. The molecule has 0 aromatic carbocycles. The number of ether oxygens (including phenoxy) is 1. The molecule has 1 aromatic heterocycles. The van der Waals surface area contributed by atoms with Gasteiger partial charge in [-0.15, -0.1) is 11.3 Å². The molecule has 0 spiro atoms. The average molecular weight is 362 g/mol. The Balaban J connectivity index is 1.87. The van der Waals surface area contributed by atoms with Crippen LogP contribution in [0.1, 0.15) is 4.88 Å². The molecule has 1 saturated heterocycles. The summed E-state index contributed by atoms with van der Waals surface area (Å²) in [6, 6.07) is 4.12. The van der Waals surface area contributed by atoms with E-state index in [-0.39, 0.29) is 12.6 Å². The highest BCUT2D eigenvalue weighted by atomic mass is 32.2. The molecule has 1 aliphatic heterocycles. The summed E-state index contributed by atoms with van der Waals surface area (Å²) in [5.74, 6) is -1.17. The smallest absolute Gasteiger partial charge is 0.318 e. The van der Waals surface area contributed by atoms with Crippen LogP contribution in [-0.2, 0) is 26.0 Å². The minimum atomic E-state index is -3.57. The Kier molecular flexibility index (Phi) is 6.54. The van der Waals surface area contributed by atoms with Crippen LogP contribution in [0.5, 0.6) is 0 Å². The van der Waals surface area contributed by atoms with E-state index in [1.807, 2.05) is 11.4 Å². The molecule has 0 bridgehead atoms. The number of carboxylic acid groups (broad SMARTS) is 1. The van der Waals surface area contributed by atoms with E-state index in [1.165, 1.54) is 4.88 Å². The van der Waals surface area contributed by atoms with Gasteiger partial charge in [-0.05, 0) is 17.9 Å². The van der Waals surface area contributed by atoms with Crippen molar-refractivity contribution in [3.63, 3.8) is 0 Å². The molecule has 1 fully saturated rings. The normalized spacial score (nSPS) is 20.0. The molecule has 2 heterocycles. The third-order valence-electron chi connectivity index (χ3n) is 3.67. The molecule has 1 aromatic rings. The molecule has 0 amide bonds. The molecule has 2 rings (SSSR count). The Labute approximate surface area is 140 Å². The molecule has 0 unspecified atom stereocenters. The highest BCUT2D eigenvalue weighted by Gasteiger charge is 2.27. The Bertz CT molecular complexity index is 603. The number of sulfonamides is 1. The number of morpholine rings is 1. The van der Waals surface area contributed by atoms with Crippen LogP contribution in [0.3, 0.4) is 0 Å². The molecule has 130 valence electrons. The van der Waals surface area contributed by atoms with Crippen LogP contribution in [0.4, 0.5) is 0 Å². The maximum atomic E-state index is 11.7. The van der Waals surface area contributed by atoms with Crippen LogP contribution < -0.4 is 0 Å². The van der Waals surface area contributed by atoms with Gasteiger partial charge in [0.05, 0.1) is 19.0 Å². The van der Waals surface area contributed by atoms with Crippen molar-refractivity contribution in [2.24, 2.45) is 0 Å². The zero-order chi connectivity index (χ0) is 16.9. The molecular formula is C14H22N2O5S2. The standard InChI is InChI=1S/C14H22N2O5S2/c1-23(19,20)16(11-14(17)18)10-12-9-15(6-7-21-12)5-4-13-3-2-8-22-13/h2-3,8,12H,4-7,9-11H2,1H3,(H,17,18)/t12-/m1/s1. The van der Waals surface area contributed by atoms with Gasteiger partial charge < -0.3 is 9.84 Å². The number of aliphatic carboxylic acids is 1. The van der Waals surface area contributed by atoms with Gasteiger partial charge in [0.25, 0.3) is 0 Å². The van der Waals surface area contributed by atoms with E-state index in [4.69, 9.17) is 9.84 Å². The molecule has 0 radical (unpaired) electrons. The highest BCUT2D eigenvalue weighted by Crippen LogP contribution is 2.13. The molecular weight excluding hydrogens is 340 g/mol. The first-order valence-electron chi connectivity index (χ1n) is 7.38. The van der Waals surface area contributed by atoms with E-state index in [0.717, 1.165) is 30.1 Å². The van der Waals surface area contributed by atoms with Crippen LogP contribution in [-0.4, -0.2) is 80.4 Å². The van der Waals surface area contributed by atoms with Gasteiger partial charge in [-0.25, -0.2) is 8.42 Å².